The number of sulfonamides is 1. The van der Waals surface area contributed by atoms with Crippen LogP contribution in [0.2, 0.25) is 0 Å². The fourth-order valence-corrected chi connectivity index (χ4v) is 2.96. The third kappa shape index (κ3) is 5.14. The molecule has 1 N–H and O–H groups in total. The number of hydrogen-bond donors (Lipinski definition) is 1. The van der Waals surface area contributed by atoms with Crippen molar-refractivity contribution < 1.29 is 8.42 Å². The topological polar surface area (TPSA) is 59.1 Å². The van der Waals surface area contributed by atoms with Crippen LogP contribution in [0, 0.1) is 0 Å². The highest BCUT2D eigenvalue weighted by Gasteiger charge is 2.13. The van der Waals surface area contributed by atoms with Gasteiger partial charge in [0.25, 0.3) is 0 Å². The second-order valence-corrected chi connectivity index (χ2v) is 6.48. The average Bonchev–Trinajstić information content (AvgIpc) is 2.29. The largest absolute Gasteiger partial charge is 0.262 e. The quantitative estimate of drug-likeness (QED) is 0.786. The van der Waals surface area contributed by atoms with E-state index >= 15 is 0 Å². The summed E-state index contributed by atoms with van der Waals surface area (Å²) in [5.74, 6) is 0. The molecular weight excluding hydrogens is 304 g/mol. The maximum Gasteiger partial charge on any atom is 0.242 e. The highest BCUT2D eigenvalue weighted by Crippen LogP contribution is 2.14. The Morgan fingerprint density at radius 1 is 1.29 bits per heavy atom. The van der Waals surface area contributed by atoms with Crippen molar-refractivity contribution in [2.45, 2.75) is 37.5 Å². The second-order valence-electron chi connectivity index (χ2n) is 3.80. The van der Waals surface area contributed by atoms with Crippen LogP contribution in [-0.2, 0) is 10.0 Å². The van der Waals surface area contributed by atoms with Crippen molar-refractivity contribution in [2.75, 3.05) is 6.54 Å². The van der Waals surface area contributed by atoms with Crippen LogP contribution in [0.25, 0.3) is 0 Å². The number of unbranched alkanes of at least 4 members (excludes halogenated alkanes) is 3. The summed E-state index contributed by atoms with van der Waals surface area (Å²) < 4.78 is 26.9. The fourth-order valence-electron chi connectivity index (χ4n) is 1.38. The summed E-state index contributed by atoms with van der Waals surface area (Å²) in [7, 11) is -3.41. The van der Waals surface area contributed by atoms with Crippen LogP contribution in [0.4, 0.5) is 0 Å². The minimum Gasteiger partial charge on any atom is -0.262 e. The van der Waals surface area contributed by atoms with Gasteiger partial charge in [-0.25, -0.2) is 13.1 Å². The van der Waals surface area contributed by atoms with E-state index in [1.54, 1.807) is 12.3 Å². The smallest absolute Gasteiger partial charge is 0.242 e. The molecule has 0 saturated carbocycles. The van der Waals surface area contributed by atoms with Crippen molar-refractivity contribution in [2.24, 2.45) is 0 Å². The summed E-state index contributed by atoms with van der Waals surface area (Å²) in [6, 6.07) is 1.54. The molecule has 0 aliphatic carbocycles. The van der Waals surface area contributed by atoms with E-state index < -0.39 is 10.0 Å². The van der Waals surface area contributed by atoms with E-state index in [4.69, 9.17) is 0 Å². The van der Waals surface area contributed by atoms with Crippen molar-refractivity contribution in [3.63, 3.8) is 0 Å². The van der Waals surface area contributed by atoms with E-state index in [-0.39, 0.29) is 4.90 Å². The Hall–Kier alpha value is -0.460. The second kappa shape index (κ2) is 7.08. The molecule has 17 heavy (non-hydrogen) atoms. The predicted molar refractivity (Wildman–Crippen MR) is 71.3 cm³/mol. The molecule has 0 fully saturated rings. The summed E-state index contributed by atoms with van der Waals surface area (Å²) in [6.07, 6.45) is 7.10. The Labute approximate surface area is 111 Å². The van der Waals surface area contributed by atoms with Crippen LogP contribution >= 0.6 is 15.9 Å². The Bertz CT molecular complexity index is 449. The summed E-state index contributed by atoms with van der Waals surface area (Å²) in [5, 5.41) is 0. The molecule has 0 aliphatic rings. The van der Waals surface area contributed by atoms with Gasteiger partial charge in [0.15, 0.2) is 0 Å². The summed E-state index contributed by atoms with van der Waals surface area (Å²) in [6.45, 7) is 2.60. The molecule has 0 aliphatic heterocycles. The van der Waals surface area contributed by atoms with Gasteiger partial charge in [-0.1, -0.05) is 26.2 Å². The first-order valence-corrected chi connectivity index (χ1v) is 7.94. The lowest BCUT2D eigenvalue weighted by Gasteiger charge is -2.06. The van der Waals surface area contributed by atoms with E-state index in [0.717, 1.165) is 25.7 Å². The molecule has 0 spiro atoms. The normalized spacial score (nSPS) is 11.6. The van der Waals surface area contributed by atoms with Gasteiger partial charge in [-0.15, -0.1) is 0 Å². The maximum atomic E-state index is 11.8. The lowest BCUT2D eigenvalue weighted by Crippen LogP contribution is -2.24. The molecule has 96 valence electrons. The molecule has 1 heterocycles. The van der Waals surface area contributed by atoms with Gasteiger partial charge >= 0.3 is 0 Å². The van der Waals surface area contributed by atoms with Crippen molar-refractivity contribution in [1.82, 2.24) is 9.71 Å². The lowest BCUT2D eigenvalue weighted by molar-refractivity contribution is 0.573. The zero-order valence-corrected chi connectivity index (χ0v) is 12.2. The summed E-state index contributed by atoms with van der Waals surface area (Å²) in [4.78, 5) is 4.04. The first-order chi connectivity index (χ1) is 8.06. The summed E-state index contributed by atoms with van der Waals surface area (Å²) in [5.41, 5.74) is 0. The average molecular weight is 321 g/mol. The molecule has 1 aromatic rings. The monoisotopic (exact) mass is 320 g/mol. The minimum atomic E-state index is -3.41. The highest BCUT2D eigenvalue weighted by molar-refractivity contribution is 9.10. The molecule has 0 aromatic carbocycles. The molecule has 6 heteroatoms. The molecule has 0 amide bonds. The standard InChI is InChI=1S/C11H17BrN2O2S/c1-2-3-4-5-6-14-17(15,16)11-7-10(12)8-13-9-11/h7-9,14H,2-6H2,1H3. The highest BCUT2D eigenvalue weighted by atomic mass is 79.9. The molecule has 4 nitrogen and oxygen atoms in total. The zero-order chi connectivity index (χ0) is 12.7. The van der Waals surface area contributed by atoms with E-state index in [0.29, 0.717) is 11.0 Å². The number of nitrogens with zero attached hydrogens (tertiary/aromatic N) is 1. The number of pyridine rings is 1. The van der Waals surface area contributed by atoms with Gasteiger partial charge in [-0.2, -0.15) is 0 Å². The molecule has 1 rings (SSSR count). The van der Waals surface area contributed by atoms with Gasteiger partial charge in [-0.3, -0.25) is 4.98 Å². The molecule has 0 bridgehead atoms. The van der Waals surface area contributed by atoms with Gasteiger partial charge in [-0.05, 0) is 28.4 Å². The Balaban J connectivity index is 2.51. The molecule has 0 radical (unpaired) electrons. The van der Waals surface area contributed by atoms with Crippen LogP contribution < -0.4 is 4.72 Å². The Kier molecular flexibility index (Phi) is 6.08. The van der Waals surface area contributed by atoms with Crippen LogP contribution in [0.15, 0.2) is 27.8 Å². The van der Waals surface area contributed by atoms with Crippen LogP contribution in [0.5, 0.6) is 0 Å². The van der Waals surface area contributed by atoms with Crippen molar-refractivity contribution in [1.29, 1.82) is 0 Å². The lowest BCUT2D eigenvalue weighted by atomic mass is 10.2. The number of rotatable bonds is 7. The summed E-state index contributed by atoms with van der Waals surface area (Å²) >= 11 is 3.20. The Morgan fingerprint density at radius 2 is 2.06 bits per heavy atom. The molecule has 0 saturated heterocycles. The first-order valence-electron chi connectivity index (χ1n) is 5.66. The maximum absolute atomic E-state index is 11.8. The molecule has 1 aromatic heterocycles. The van der Waals surface area contributed by atoms with E-state index in [9.17, 15) is 8.42 Å². The third-order valence-electron chi connectivity index (χ3n) is 2.31. The first kappa shape index (κ1) is 14.6. The molecular formula is C11H17BrN2O2S. The van der Waals surface area contributed by atoms with Crippen molar-refractivity contribution >= 4 is 26.0 Å². The number of halogens is 1. The van der Waals surface area contributed by atoms with Crippen molar-refractivity contribution in [3.05, 3.63) is 22.9 Å². The number of hydrogen-bond acceptors (Lipinski definition) is 3. The molecule has 0 atom stereocenters. The van der Waals surface area contributed by atoms with Gasteiger partial charge < -0.3 is 0 Å². The Morgan fingerprint density at radius 3 is 2.71 bits per heavy atom. The third-order valence-corrected chi connectivity index (χ3v) is 4.17. The van der Waals surface area contributed by atoms with Gasteiger partial charge in [0.1, 0.15) is 4.90 Å². The van der Waals surface area contributed by atoms with Gasteiger partial charge in [0.05, 0.1) is 0 Å². The van der Waals surface area contributed by atoms with E-state index in [1.165, 1.54) is 6.20 Å². The van der Waals surface area contributed by atoms with Gasteiger partial charge in [0.2, 0.25) is 10.0 Å². The number of nitrogens with one attached hydrogen (secondary N) is 1. The zero-order valence-electron chi connectivity index (χ0n) is 9.82. The van der Waals surface area contributed by atoms with Gasteiger partial charge in [0, 0.05) is 23.4 Å². The molecule has 0 unspecified atom stereocenters. The predicted octanol–water partition coefficient (Wildman–Crippen LogP) is 2.70. The minimum absolute atomic E-state index is 0.197. The van der Waals surface area contributed by atoms with Crippen LogP contribution in [0.3, 0.4) is 0 Å². The van der Waals surface area contributed by atoms with Crippen LogP contribution in [0.1, 0.15) is 32.6 Å². The fraction of sp³-hybridized carbons (Fsp3) is 0.545. The van der Waals surface area contributed by atoms with Crippen LogP contribution in [-0.4, -0.2) is 19.9 Å². The van der Waals surface area contributed by atoms with Crippen molar-refractivity contribution in [3.8, 4) is 0 Å². The van der Waals surface area contributed by atoms with E-state index in [2.05, 4.69) is 32.6 Å². The SMILES string of the molecule is CCCCCCNS(=O)(=O)c1cncc(Br)c1. The number of aromatic nitrogens is 1. The van der Waals surface area contributed by atoms with E-state index in [1.807, 2.05) is 0 Å².